The quantitative estimate of drug-likeness (QED) is 0.148. The first-order valence-corrected chi connectivity index (χ1v) is 15.8. The normalized spacial score (nSPS) is 12.2. The molecule has 0 bridgehead atoms. The van der Waals surface area contributed by atoms with Crippen molar-refractivity contribution in [1.82, 2.24) is 0 Å². The second-order valence-electron chi connectivity index (χ2n) is 8.61. The molecule has 0 saturated heterocycles. The molecule has 0 aliphatic carbocycles. The van der Waals surface area contributed by atoms with E-state index >= 15 is 0 Å². The Labute approximate surface area is 263 Å². The molecule has 14 heteroatoms. The van der Waals surface area contributed by atoms with E-state index in [9.17, 15) is 26.4 Å². The molecule has 0 N–H and O–H groups in total. The lowest BCUT2D eigenvalue weighted by Crippen LogP contribution is -2.09. The van der Waals surface area contributed by atoms with Crippen LogP contribution in [0.2, 0.25) is 10.0 Å². The molecule has 44 heavy (non-hydrogen) atoms. The number of benzene rings is 4. The standard InChI is InChI=1S/2C15H10ClNO4S/c2*16-13-3-7-15(8-4-13)22(19,20)21-14-5-1-11(2-6-14)12(9-17)10-18/h2*1-8,10,12H. The molecule has 0 amide bonds. The summed E-state index contributed by atoms with van der Waals surface area (Å²) in [5, 5.41) is 18.4. The Morgan fingerprint density at radius 1 is 0.545 bits per heavy atom. The van der Waals surface area contributed by atoms with Gasteiger partial charge in [0.1, 0.15) is 45.7 Å². The fraction of sp³-hybridized carbons (Fsp3) is 0.0667. The number of aldehydes is 2. The van der Waals surface area contributed by atoms with E-state index in [4.69, 9.17) is 42.1 Å². The van der Waals surface area contributed by atoms with E-state index in [-0.39, 0.29) is 21.3 Å². The van der Waals surface area contributed by atoms with Crippen LogP contribution in [0, 0.1) is 22.7 Å². The molecule has 0 aliphatic rings. The molecule has 0 heterocycles. The van der Waals surface area contributed by atoms with Gasteiger partial charge in [-0.2, -0.15) is 27.4 Å². The van der Waals surface area contributed by atoms with Crippen LogP contribution in [0.4, 0.5) is 0 Å². The lowest BCUT2D eigenvalue weighted by Gasteiger charge is -2.08. The highest BCUT2D eigenvalue weighted by molar-refractivity contribution is 7.87. The van der Waals surface area contributed by atoms with Crippen LogP contribution in [-0.2, 0) is 29.8 Å². The summed E-state index contributed by atoms with van der Waals surface area (Å²) in [4.78, 5) is 21.4. The van der Waals surface area contributed by atoms with Crippen molar-refractivity contribution in [2.45, 2.75) is 21.6 Å². The van der Waals surface area contributed by atoms with Crippen LogP contribution >= 0.6 is 23.2 Å². The molecule has 2 unspecified atom stereocenters. The molecule has 2 atom stereocenters. The molecule has 224 valence electrons. The van der Waals surface area contributed by atoms with Crippen molar-refractivity contribution >= 4 is 56.0 Å². The molecule has 10 nitrogen and oxygen atoms in total. The van der Waals surface area contributed by atoms with E-state index in [1.165, 1.54) is 97.1 Å². The number of nitrogens with zero attached hydrogens (tertiary/aromatic N) is 2. The SMILES string of the molecule is N#CC(C=O)c1ccc(OS(=O)(=O)c2ccc(Cl)cc2)cc1.N#CC(C=O)c1ccc(OS(=O)(=O)c2ccc(Cl)cc2)cc1. The van der Waals surface area contributed by atoms with Gasteiger partial charge in [-0.3, -0.25) is 0 Å². The fourth-order valence-corrected chi connectivity index (χ4v) is 5.49. The first-order chi connectivity index (χ1) is 20.9. The predicted octanol–water partition coefficient (Wildman–Crippen LogP) is 5.83. The Morgan fingerprint density at radius 3 is 1.09 bits per heavy atom. The van der Waals surface area contributed by atoms with Gasteiger partial charge in [-0.05, 0) is 83.9 Å². The monoisotopic (exact) mass is 670 g/mol. The Bertz CT molecular complexity index is 1760. The van der Waals surface area contributed by atoms with Gasteiger partial charge in [-0.1, -0.05) is 47.5 Å². The Kier molecular flexibility index (Phi) is 11.6. The second kappa shape index (κ2) is 15.1. The first kappa shape index (κ1) is 33.8. The third kappa shape index (κ3) is 9.14. The summed E-state index contributed by atoms with van der Waals surface area (Å²) in [6.07, 6.45) is 1.03. The summed E-state index contributed by atoms with van der Waals surface area (Å²) < 4.78 is 58.3. The summed E-state index contributed by atoms with van der Waals surface area (Å²) in [6, 6.07) is 26.2. The number of hydrogen-bond acceptors (Lipinski definition) is 10. The zero-order valence-electron chi connectivity index (χ0n) is 22.3. The van der Waals surface area contributed by atoms with Crippen molar-refractivity contribution in [3.63, 3.8) is 0 Å². The van der Waals surface area contributed by atoms with Gasteiger partial charge in [-0.15, -0.1) is 0 Å². The van der Waals surface area contributed by atoms with E-state index in [2.05, 4.69) is 0 Å². The number of carbonyl (C=O) groups excluding carboxylic acids is 2. The number of halogens is 2. The minimum absolute atomic E-state index is 0.0243. The average molecular weight is 672 g/mol. The molecule has 0 saturated carbocycles. The molecular formula is C30H20Cl2N2O8S2. The summed E-state index contributed by atoms with van der Waals surface area (Å²) in [6.45, 7) is 0. The van der Waals surface area contributed by atoms with Crippen molar-refractivity contribution in [1.29, 1.82) is 10.5 Å². The highest BCUT2D eigenvalue weighted by atomic mass is 35.5. The molecule has 0 aromatic heterocycles. The van der Waals surface area contributed by atoms with Crippen LogP contribution in [0.15, 0.2) is 107 Å². The highest BCUT2D eigenvalue weighted by Crippen LogP contribution is 2.24. The second-order valence-corrected chi connectivity index (χ2v) is 12.6. The number of rotatable bonds is 10. The van der Waals surface area contributed by atoms with E-state index in [1.54, 1.807) is 0 Å². The van der Waals surface area contributed by atoms with Gasteiger partial charge < -0.3 is 18.0 Å². The van der Waals surface area contributed by atoms with Crippen molar-refractivity contribution in [3.05, 3.63) is 118 Å². The van der Waals surface area contributed by atoms with Gasteiger partial charge in [-0.25, -0.2) is 0 Å². The van der Waals surface area contributed by atoms with Gasteiger partial charge in [0.05, 0.1) is 12.1 Å². The van der Waals surface area contributed by atoms with Crippen LogP contribution in [0.1, 0.15) is 23.0 Å². The van der Waals surface area contributed by atoms with Crippen LogP contribution in [0.3, 0.4) is 0 Å². The lowest BCUT2D eigenvalue weighted by molar-refractivity contribution is -0.108. The highest BCUT2D eigenvalue weighted by Gasteiger charge is 2.18. The van der Waals surface area contributed by atoms with Crippen LogP contribution in [0.25, 0.3) is 0 Å². The largest absolute Gasteiger partial charge is 0.379 e. The number of carbonyl (C=O) groups is 2. The van der Waals surface area contributed by atoms with Gasteiger partial charge >= 0.3 is 20.2 Å². The van der Waals surface area contributed by atoms with Crippen molar-refractivity contribution in [3.8, 4) is 23.6 Å². The zero-order chi connectivity index (χ0) is 32.3. The van der Waals surface area contributed by atoms with E-state index in [0.717, 1.165) is 0 Å². The van der Waals surface area contributed by atoms with E-state index < -0.39 is 32.1 Å². The summed E-state index contributed by atoms with van der Waals surface area (Å²) in [5.41, 5.74) is 0.933. The van der Waals surface area contributed by atoms with Gasteiger partial charge in [0.25, 0.3) is 0 Å². The molecule has 4 aromatic rings. The predicted molar refractivity (Wildman–Crippen MR) is 160 cm³/mol. The molecule has 0 spiro atoms. The third-order valence-corrected chi connectivity index (χ3v) is 8.67. The molecule has 4 rings (SSSR count). The topological polar surface area (TPSA) is 168 Å². The van der Waals surface area contributed by atoms with Crippen molar-refractivity contribution in [2.24, 2.45) is 0 Å². The molecular weight excluding hydrogens is 651 g/mol. The maximum absolute atomic E-state index is 12.1. The van der Waals surface area contributed by atoms with Crippen molar-refractivity contribution < 1.29 is 34.8 Å². The maximum Gasteiger partial charge on any atom is 0.339 e. The van der Waals surface area contributed by atoms with Gasteiger partial charge in [0, 0.05) is 10.0 Å². The Morgan fingerprint density at radius 2 is 0.841 bits per heavy atom. The molecule has 0 fully saturated rings. The zero-order valence-corrected chi connectivity index (χ0v) is 25.4. The molecule has 0 radical (unpaired) electrons. The maximum atomic E-state index is 12.1. The first-order valence-electron chi connectivity index (χ1n) is 12.2. The lowest BCUT2D eigenvalue weighted by atomic mass is 10.0. The fourth-order valence-electron chi connectivity index (χ4n) is 3.38. The Hall–Kier alpha value is -4.72. The summed E-state index contributed by atoms with van der Waals surface area (Å²) in [7, 11) is -7.94. The van der Waals surface area contributed by atoms with Crippen LogP contribution < -0.4 is 8.37 Å². The van der Waals surface area contributed by atoms with E-state index in [1.807, 2.05) is 12.1 Å². The Balaban J connectivity index is 0.000000240. The summed E-state index contributed by atoms with van der Waals surface area (Å²) >= 11 is 11.4. The average Bonchev–Trinajstić information content (AvgIpc) is 3.00. The number of nitriles is 2. The van der Waals surface area contributed by atoms with Crippen LogP contribution in [0.5, 0.6) is 11.5 Å². The smallest absolute Gasteiger partial charge is 0.339 e. The van der Waals surface area contributed by atoms with E-state index in [0.29, 0.717) is 33.7 Å². The molecule has 4 aromatic carbocycles. The third-order valence-electron chi connectivity index (χ3n) is 5.65. The molecule has 0 aliphatic heterocycles. The van der Waals surface area contributed by atoms with Gasteiger partial charge in [0.15, 0.2) is 0 Å². The van der Waals surface area contributed by atoms with Gasteiger partial charge in [0.2, 0.25) is 0 Å². The minimum atomic E-state index is -3.97. The van der Waals surface area contributed by atoms with Crippen molar-refractivity contribution in [2.75, 3.05) is 0 Å². The van der Waals surface area contributed by atoms with Crippen LogP contribution in [-0.4, -0.2) is 29.4 Å². The minimum Gasteiger partial charge on any atom is -0.379 e. The summed E-state index contributed by atoms with van der Waals surface area (Å²) in [5.74, 6) is -1.61. The number of hydrogen-bond donors (Lipinski definition) is 0.